The summed E-state index contributed by atoms with van der Waals surface area (Å²) < 4.78 is 0. The lowest BCUT2D eigenvalue weighted by Gasteiger charge is -2.26. The van der Waals surface area contributed by atoms with Crippen molar-refractivity contribution in [3.63, 3.8) is 0 Å². The Morgan fingerprint density at radius 1 is 1.00 bits per heavy atom. The molecule has 2 nitrogen and oxygen atoms in total. The van der Waals surface area contributed by atoms with Gasteiger partial charge >= 0.3 is 0 Å². The maximum Gasteiger partial charge on any atom is 0.234 e. The molecule has 0 saturated heterocycles. The molecule has 0 radical (unpaired) electrons. The molecule has 1 aliphatic carbocycles. The van der Waals surface area contributed by atoms with E-state index in [4.69, 9.17) is 0 Å². The first-order valence-electron chi connectivity index (χ1n) is 7.67. The number of rotatable bonds is 4. The van der Waals surface area contributed by atoms with Gasteiger partial charge in [0.1, 0.15) is 0 Å². The molecule has 0 fully saturated rings. The first-order valence-corrected chi connectivity index (χ1v) is 7.67. The van der Waals surface area contributed by atoms with E-state index in [9.17, 15) is 4.79 Å². The Morgan fingerprint density at radius 2 is 1.52 bits per heavy atom. The normalized spacial score (nSPS) is 14.4. The predicted molar refractivity (Wildman–Crippen MR) is 86.2 cm³/mol. The van der Waals surface area contributed by atoms with E-state index < -0.39 is 5.41 Å². The van der Waals surface area contributed by atoms with Crippen LogP contribution in [-0.2, 0) is 10.2 Å². The molecule has 21 heavy (non-hydrogen) atoms. The van der Waals surface area contributed by atoms with Gasteiger partial charge in [0.15, 0.2) is 0 Å². The molecule has 0 unspecified atom stereocenters. The summed E-state index contributed by atoms with van der Waals surface area (Å²) in [6, 6.07) is 16.5. The Labute approximate surface area is 126 Å². The zero-order valence-corrected chi connectivity index (χ0v) is 12.6. The third kappa shape index (κ3) is 2.06. The van der Waals surface area contributed by atoms with Crippen LogP contribution in [-0.4, -0.2) is 12.5 Å². The molecule has 1 amide bonds. The van der Waals surface area contributed by atoms with Gasteiger partial charge in [0.05, 0.1) is 5.41 Å². The average molecular weight is 279 g/mol. The van der Waals surface area contributed by atoms with Gasteiger partial charge in [0, 0.05) is 6.54 Å². The Bertz CT molecular complexity index is 629. The minimum absolute atomic E-state index is 0.105. The van der Waals surface area contributed by atoms with Gasteiger partial charge in [0.25, 0.3) is 0 Å². The predicted octanol–water partition coefficient (Wildman–Crippen LogP) is 3.89. The molecule has 0 spiro atoms. The highest BCUT2D eigenvalue weighted by Gasteiger charge is 2.44. The van der Waals surface area contributed by atoms with Crippen LogP contribution < -0.4 is 5.32 Å². The molecular formula is C19H21NO. The minimum atomic E-state index is -0.582. The smallest absolute Gasteiger partial charge is 0.234 e. The molecule has 0 heterocycles. The van der Waals surface area contributed by atoms with E-state index in [1.165, 1.54) is 11.1 Å². The quantitative estimate of drug-likeness (QED) is 0.845. The molecule has 2 aromatic carbocycles. The zero-order valence-electron chi connectivity index (χ0n) is 12.6. The van der Waals surface area contributed by atoms with Crippen LogP contribution in [0, 0.1) is 0 Å². The third-order valence-electron chi connectivity index (χ3n) is 4.49. The second kappa shape index (κ2) is 5.36. The Morgan fingerprint density at radius 3 is 2.05 bits per heavy atom. The highest BCUT2D eigenvalue weighted by molar-refractivity contribution is 6.00. The van der Waals surface area contributed by atoms with Crippen LogP contribution in [0.4, 0.5) is 0 Å². The number of hydrogen-bond acceptors (Lipinski definition) is 1. The van der Waals surface area contributed by atoms with Crippen molar-refractivity contribution >= 4 is 5.91 Å². The molecule has 1 aliphatic rings. The fraction of sp³-hybridized carbons (Fsp3) is 0.316. The summed E-state index contributed by atoms with van der Waals surface area (Å²) in [4.78, 5) is 12.9. The molecule has 108 valence electrons. The van der Waals surface area contributed by atoms with Gasteiger partial charge in [-0.05, 0) is 35.6 Å². The van der Waals surface area contributed by atoms with Gasteiger partial charge in [-0.15, -0.1) is 0 Å². The van der Waals surface area contributed by atoms with Crippen LogP contribution in [0.2, 0.25) is 0 Å². The fourth-order valence-corrected chi connectivity index (χ4v) is 3.25. The van der Waals surface area contributed by atoms with Crippen molar-refractivity contribution in [2.45, 2.75) is 32.1 Å². The van der Waals surface area contributed by atoms with E-state index in [-0.39, 0.29) is 5.91 Å². The first kappa shape index (κ1) is 13.9. The molecule has 3 rings (SSSR count). The molecule has 0 atom stereocenters. The van der Waals surface area contributed by atoms with Crippen molar-refractivity contribution < 1.29 is 4.79 Å². The van der Waals surface area contributed by atoms with Gasteiger partial charge in [-0.25, -0.2) is 0 Å². The van der Waals surface area contributed by atoms with E-state index in [1.807, 2.05) is 31.2 Å². The van der Waals surface area contributed by atoms with Crippen molar-refractivity contribution in [1.29, 1.82) is 0 Å². The van der Waals surface area contributed by atoms with Crippen molar-refractivity contribution in [3.05, 3.63) is 59.7 Å². The van der Waals surface area contributed by atoms with Crippen LogP contribution in [0.3, 0.4) is 0 Å². The first-order chi connectivity index (χ1) is 10.2. The second-order valence-electron chi connectivity index (χ2n) is 5.83. The van der Waals surface area contributed by atoms with Crippen molar-refractivity contribution in [2.75, 3.05) is 6.54 Å². The number of carbonyl (C=O) groups is 1. The van der Waals surface area contributed by atoms with Crippen LogP contribution in [0.25, 0.3) is 11.1 Å². The SMILES string of the molecule is CCCCNC(=O)C1(C)c2ccccc2-c2ccccc21. The van der Waals surface area contributed by atoms with Gasteiger partial charge in [-0.2, -0.15) is 0 Å². The van der Waals surface area contributed by atoms with E-state index in [0.717, 1.165) is 30.5 Å². The highest BCUT2D eigenvalue weighted by atomic mass is 16.2. The molecule has 2 aromatic rings. The van der Waals surface area contributed by atoms with Crippen LogP contribution in [0.15, 0.2) is 48.5 Å². The summed E-state index contributed by atoms with van der Waals surface area (Å²) in [5, 5.41) is 3.11. The number of unbranched alkanes of at least 4 members (excludes halogenated alkanes) is 1. The van der Waals surface area contributed by atoms with Gasteiger partial charge in [0.2, 0.25) is 5.91 Å². The molecule has 0 saturated carbocycles. The van der Waals surface area contributed by atoms with E-state index in [2.05, 4.69) is 36.5 Å². The van der Waals surface area contributed by atoms with E-state index in [0.29, 0.717) is 0 Å². The zero-order chi connectivity index (χ0) is 14.9. The van der Waals surface area contributed by atoms with Crippen LogP contribution >= 0.6 is 0 Å². The largest absolute Gasteiger partial charge is 0.355 e. The van der Waals surface area contributed by atoms with E-state index in [1.54, 1.807) is 0 Å². The molecule has 1 N–H and O–H groups in total. The summed E-state index contributed by atoms with van der Waals surface area (Å²) in [5.41, 5.74) is 4.00. The number of carbonyl (C=O) groups excluding carboxylic acids is 1. The van der Waals surface area contributed by atoms with Gasteiger partial charge in [-0.1, -0.05) is 61.9 Å². The lowest BCUT2D eigenvalue weighted by atomic mass is 9.79. The summed E-state index contributed by atoms with van der Waals surface area (Å²) in [6.07, 6.45) is 2.11. The topological polar surface area (TPSA) is 29.1 Å². The number of fused-ring (bicyclic) bond motifs is 3. The maximum atomic E-state index is 12.9. The number of nitrogens with one attached hydrogen (secondary N) is 1. The summed E-state index contributed by atoms with van der Waals surface area (Å²) in [5.74, 6) is 0.105. The highest BCUT2D eigenvalue weighted by Crippen LogP contribution is 2.48. The van der Waals surface area contributed by atoms with Crippen molar-refractivity contribution in [3.8, 4) is 11.1 Å². The van der Waals surface area contributed by atoms with Crippen LogP contribution in [0.5, 0.6) is 0 Å². The number of amides is 1. The second-order valence-corrected chi connectivity index (χ2v) is 5.83. The third-order valence-corrected chi connectivity index (χ3v) is 4.49. The van der Waals surface area contributed by atoms with Crippen molar-refractivity contribution in [2.24, 2.45) is 0 Å². The Hall–Kier alpha value is -2.09. The molecule has 0 aliphatic heterocycles. The number of benzene rings is 2. The summed E-state index contributed by atoms with van der Waals surface area (Å²) in [6.45, 7) is 4.92. The van der Waals surface area contributed by atoms with Gasteiger partial charge < -0.3 is 5.32 Å². The standard InChI is InChI=1S/C19H21NO/c1-3-4-13-20-18(21)19(2)16-11-7-5-9-14(16)15-10-6-8-12-17(15)19/h5-12H,3-4,13H2,1-2H3,(H,20,21). The minimum Gasteiger partial charge on any atom is -0.355 e. The summed E-state index contributed by atoms with van der Waals surface area (Å²) >= 11 is 0. The number of hydrogen-bond donors (Lipinski definition) is 1. The molecule has 0 bridgehead atoms. The molecule has 0 aromatic heterocycles. The molecule has 2 heteroatoms. The molecular weight excluding hydrogens is 258 g/mol. The average Bonchev–Trinajstić information content (AvgIpc) is 2.79. The van der Waals surface area contributed by atoms with Crippen LogP contribution in [0.1, 0.15) is 37.8 Å². The fourth-order valence-electron chi connectivity index (χ4n) is 3.25. The Balaban J connectivity index is 2.07. The lowest BCUT2D eigenvalue weighted by molar-refractivity contribution is -0.124. The lowest BCUT2D eigenvalue weighted by Crippen LogP contribution is -2.42. The van der Waals surface area contributed by atoms with E-state index >= 15 is 0 Å². The summed E-state index contributed by atoms with van der Waals surface area (Å²) in [7, 11) is 0. The van der Waals surface area contributed by atoms with Gasteiger partial charge in [-0.3, -0.25) is 4.79 Å². The Kier molecular flexibility index (Phi) is 3.54. The monoisotopic (exact) mass is 279 g/mol. The van der Waals surface area contributed by atoms with Crippen molar-refractivity contribution in [1.82, 2.24) is 5.32 Å². The maximum absolute atomic E-state index is 12.9.